The molecule has 0 aromatic heterocycles. The number of hydrogen-bond donors (Lipinski definition) is 2. The summed E-state index contributed by atoms with van der Waals surface area (Å²) in [5.41, 5.74) is 8.11. The summed E-state index contributed by atoms with van der Waals surface area (Å²) < 4.78 is 5.11. The second-order valence-corrected chi connectivity index (χ2v) is 3.49. The molecule has 3 N–H and O–H groups in total. The van der Waals surface area contributed by atoms with Gasteiger partial charge in [0.2, 0.25) is 0 Å². The molecule has 0 aliphatic carbocycles. The number of carboxylic acid groups (broad SMARTS) is 1. The van der Waals surface area contributed by atoms with Crippen LogP contribution in [0, 0.1) is 13.8 Å². The standard InChI is InChI=1S/C11H15NO3/c1-6-4-8(10(12)11(13)14)9(15-3)5-7(6)2/h4-5,10H,12H2,1-3H3,(H,13,14). The Morgan fingerprint density at radius 3 is 2.40 bits per heavy atom. The number of aliphatic carboxylic acids is 1. The van der Waals surface area contributed by atoms with Crippen LogP contribution in [0.3, 0.4) is 0 Å². The van der Waals surface area contributed by atoms with E-state index in [9.17, 15) is 4.79 Å². The van der Waals surface area contributed by atoms with Gasteiger partial charge in [0.1, 0.15) is 11.8 Å². The fourth-order valence-electron chi connectivity index (χ4n) is 1.36. The third-order valence-electron chi connectivity index (χ3n) is 2.45. The average molecular weight is 209 g/mol. The molecule has 0 heterocycles. The van der Waals surface area contributed by atoms with Crippen LogP contribution in [0.1, 0.15) is 22.7 Å². The Morgan fingerprint density at radius 2 is 1.93 bits per heavy atom. The van der Waals surface area contributed by atoms with E-state index in [-0.39, 0.29) is 0 Å². The van der Waals surface area contributed by atoms with E-state index in [1.54, 1.807) is 12.1 Å². The molecule has 0 aliphatic heterocycles. The highest BCUT2D eigenvalue weighted by atomic mass is 16.5. The molecule has 0 spiro atoms. The third kappa shape index (κ3) is 2.27. The Hall–Kier alpha value is -1.55. The van der Waals surface area contributed by atoms with Crippen molar-refractivity contribution in [1.29, 1.82) is 0 Å². The molecular formula is C11H15NO3. The molecule has 1 atom stereocenters. The Labute approximate surface area is 88.7 Å². The van der Waals surface area contributed by atoms with E-state index < -0.39 is 12.0 Å². The molecular weight excluding hydrogens is 194 g/mol. The van der Waals surface area contributed by atoms with Crippen molar-refractivity contribution in [1.82, 2.24) is 0 Å². The highest BCUT2D eigenvalue weighted by molar-refractivity contribution is 5.76. The van der Waals surface area contributed by atoms with Gasteiger partial charge in [0.05, 0.1) is 7.11 Å². The lowest BCUT2D eigenvalue weighted by Crippen LogP contribution is -2.21. The van der Waals surface area contributed by atoms with Gasteiger partial charge in [0, 0.05) is 5.56 Å². The molecule has 1 unspecified atom stereocenters. The molecule has 15 heavy (non-hydrogen) atoms. The quantitative estimate of drug-likeness (QED) is 0.789. The molecule has 1 aromatic carbocycles. The highest BCUT2D eigenvalue weighted by Crippen LogP contribution is 2.27. The lowest BCUT2D eigenvalue weighted by molar-refractivity contribution is -0.138. The summed E-state index contributed by atoms with van der Waals surface area (Å²) in [5.74, 6) is -0.537. The maximum atomic E-state index is 10.8. The van der Waals surface area contributed by atoms with Crippen LogP contribution < -0.4 is 10.5 Å². The second kappa shape index (κ2) is 4.31. The number of aryl methyl sites for hydroxylation is 2. The molecule has 0 saturated heterocycles. The normalized spacial score (nSPS) is 12.3. The molecule has 4 heteroatoms. The maximum Gasteiger partial charge on any atom is 0.325 e. The van der Waals surface area contributed by atoms with Gasteiger partial charge >= 0.3 is 5.97 Å². The largest absolute Gasteiger partial charge is 0.496 e. The number of hydrogen-bond acceptors (Lipinski definition) is 3. The number of rotatable bonds is 3. The van der Waals surface area contributed by atoms with E-state index in [4.69, 9.17) is 15.6 Å². The minimum atomic E-state index is -1.06. The van der Waals surface area contributed by atoms with Gasteiger partial charge in [-0.2, -0.15) is 0 Å². The first-order valence-electron chi connectivity index (χ1n) is 4.61. The minimum absolute atomic E-state index is 0.508. The van der Waals surface area contributed by atoms with Crippen LogP contribution in [-0.2, 0) is 4.79 Å². The Balaban J connectivity index is 3.27. The Kier molecular flexibility index (Phi) is 3.31. The summed E-state index contributed by atoms with van der Waals surface area (Å²) in [4.78, 5) is 10.8. The number of nitrogens with two attached hydrogens (primary N) is 1. The van der Waals surface area contributed by atoms with Gasteiger partial charge in [-0.3, -0.25) is 4.79 Å². The van der Waals surface area contributed by atoms with E-state index >= 15 is 0 Å². The fraction of sp³-hybridized carbons (Fsp3) is 0.364. The van der Waals surface area contributed by atoms with Gasteiger partial charge < -0.3 is 15.6 Å². The van der Waals surface area contributed by atoms with E-state index in [1.165, 1.54) is 7.11 Å². The fourth-order valence-corrected chi connectivity index (χ4v) is 1.36. The summed E-state index contributed by atoms with van der Waals surface area (Å²) in [6.45, 7) is 3.85. The van der Waals surface area contributed by atoms with E-state index in [1.807, 2.05) is 13.8 Å². The van der Waals surface area contributed by atoms with E-state index in [0.29, 0.717) is 11.3 Å². The van der Waals surface area contributed by atoms with Crippen LogP contribution in [0.15, 0.2) is 12.1 Å². The Bertz CT molecular complexity index is 388. The second-order valence-electron chi connectivity index (χ2n) is 3.49. The van der Waals surface area contributed by atoms with Crippen LogP contribution >= 0.6 is 0 Å². The van der Waals surface area contributed by atoms with Crippen molar-refractivity contribution in [3.63, 3.8) is 0 Å². The van der Waals surface area contributed by atoms with Crippen molar-refractivity contribution in [2.45, 2.75) is 19.9 Å². The maximum absolute atomic E-state index is 10.8. The smallest absolute Gasteiger partial charge is 0.325 e. The number of carboxylic acids is 1. The zero-order valence-corrected chi connectivity index (χ0v) is 9.07. The predicted octanol–water partition coefficient (Wildman–Crippen LogP) is 1.40. The van der Waals surface area contributed by atoms with Gasteiger partial charge in [0.25, 0.3) is 0 Å². The van der Waals surface area contributed by atoms with Crippen molar-refractivity contribution in [2.75, 3.05) is 7.11 Å². The van der Waals surface area contributed by atoms with Crippen molar-refractivity contribution >= 4 is 5.97 Å². The highest BCUT2D eigenvalue weighted by Gasteiger charge is 2.19. The predicted molar refractivity (Wildman–Crippen MR) is 57.0 cm³/mol. The summed E-state index contributed by atoms with van der Waals surface area (Å²) >= 11 is 0. The molecule has 0 fully saturated rings. The van der Waals surface area contributed by atoms with E-state index in [2.05, 4.69) is 0 Å². The molecule has 0 amide bonds. The summed E-state index contributed by atoms with van der Waals surface area (Å²) in [7, 11) is 1.50. The van der Waals surface area contributed by atoms with Crippen molar-refractivity contribution in [3.8, 4) is 5.75 Å². The zero-order valence-electron chi connectivity index (χ0n) is 9.07. The number of benzene rings is 1. The van der Waals surface area contributed by atoms with Gasteiger partial charge in [-0.25, -0.2) is 0 Å². The molecule has 0 bridgehead atoms. The van der Waals surface area contributed by atoms with Gasteiger partial charge in [-0.15, -0.1) is 0 Å². The minimum Gasteiger partial charge on any atom is -0.496 e. The first kappa shape index (κ1) is 11.5. The van der Waals surface area contributed by atoms with Crippen LogP contribution in [0.4, 0.5) is 0 Å². The number of carbonyl (C=O) groups is 1. The van der Waals surface area contributed by atoms with Gasteiger partial charge in [-0.1, -0.05) is 0 Å². The monoisotopic (exact) mass is 209 g/mol. The lowest BCUT2D eigenvalue weighted by Gasteiger charge is -2.14. The molecule has 0 radical (unpaired) electrons. The number of methoxy groups -OCH3 is 1. The molecule has 0 saturated carbocycles. The average Bonchev–Trinajstić information content (AvgIpc) is 2.20. The summed E-state index contributed by atoms with van der Waals surface area (Å²) in [6.07, 6.45) is 0. The first-order chi connectivity index (χ1) is 6.97. The van der Waals surface area contributed by atoms with Crippen LogP contribution in [-0.4, -0.2) is 18.2 Å². The van der Waals surface area contributed by atoms with E-state index in [0.717, 1.165) is 11.1 Å². The van der Waals surface area contributed by atoms with Crippen molar-refractivity contribution < 1.29 is 14.6 Å². The van der Waals surface area contributed by atoms with Crippen molar-refractivity contribution in [3.05, 3.63) is 28.8 Å². The SMILES string of the molecule is COc1cc(C)c(C)cc1C(N)C(=O)O. The van der Waals surface area contributed by atoms with Gasteiger partial charge in [-0.05, 0) is 37.1 Å². The zero-order chi connectivity index (χ0) is 11.6. The molecule has 1 aromatic rings. The summed E-state index contributed by atoms with van der Waals surface area (Å²) in [5, 5.41) is 8.84. The van der Waals surface area contributed by atoms with Crippen LogP contribution in [0.25, 0.3) is 0 Å². The van der Waals surface area contributed by atoms with Crippen LogP contribution in [0.2, 0.25) is 0 Å². The van der Waals surface area contributed by atoms with Gasteiger partial charge in [0.15, 0.2) is 0 Å². The third-order valence-corrected chi connectivity index (χ3v) is 2.45. The topological polar surface area (TPSA) is 72.5 Å². The lowest BCUT2D eigenvalue weighted by atomic mass is 10.0. The summed E-state index contributed by atoms with van der Waals surface area (Å²) in [6, 6.07) is 2.51. The first-order valence-corrected chi connectivity index (χ1v) is 4.61. The molecule has 0 aliphatic rings. The van der Waals surface area contributed by atoms with Crippen molar-refractivity contribution in [2.24, 2.45) is 5.73 Å². The molecule has 4 nitrogen and oxygen atoms in total. The van der Waals surface area contributed by atoms with Crippen LogP contribution in [0.5, 0.6) is 5.75 Å². The molecule has 1 rings (SSSR count). The number of ether oxygens (including phenoxy) is 1. The molecule has 82 valence electrons. The Morgan fingerprint density at radius 1 is 1.40 bits per heavy atom.